The number of halogens is 1. The largest absolute Gasteiger partial charge is 0.486 e. The van der Waals surface area contributed by atoms with Crippen LogP contribution in [-0.2, 0) is 4.79 Å². The molecule has 0 saturated heterocycles. The van der Waals surface area contributed by atoms with Crippen molar-refractivity contribution < 1.29 is 14.5 Å². The van der Waals surface area contributed by atoms with Crippen LogP contribution in [0.3, 0.4) is 0 Å². The molecule has 0 aliphatic rings. The van der Waals surface area contributed by atoms with Crippen LogP contribution in [0.2, 0.25) is 5.02 Å². The highest BCUT2D eigenvalue weighted by molar-refractivity contribution is 6.30. The van der Waals surface area contributed by atoms with E-state index in [1.54, 1.807) is 0 Å². The van der Waals surface area contributed by atoms with E-state index in [2.05, 4.69) is 19.2 Å². The first-order valence-corrected chi connectivity index (χ1v) is 8.12. The quantitative estimate of drug-likeness (QED) is 0.522. The number of amides is 1. The number of nitro groups is 1. The molecule has 7 nitrogen and oxygen atoms in total. The molecule has 0 fully saturated rings. The molecule has 3 N–H and O–H groups in total. The predicted molar refractivity (Wildman–Crippen MR) is 93.3 cm³/mol. The summed E-state index contributed by atoms with van der Waals surface area (Å²) in [6.07, 6.45) is 0.840. The Bertz CT molecular complexity index is 595. The van der Waals surface area contributed by atoms with Gasteiger partial charge in [-0.2, -0.15) is 0 Å². The van der Waals surface area contributed by atoms with Gasteiger partial charge in [0.05, 0.1) is 18.0 Å². The average Bonchev–Trinajstić information content (AvgIpc) is 2.47. The summed E-state index contributed by atoms with van der Waals surface area (Å²) in [7, 11) is 0. The number of rotatable bonds is 9. The fourth-order valence-electron chi connectivity index (χ4n) is 2.49. The molecule has 0 bridgehead atoms. The number of hydrogen-bond acceptors (Lipinski definition) is 5. The fourth-order valence-corrected chi connectivity index (χ4v) is 2.66. The zero-order valence-corrected chi connectivity index (χ0v) is 14.9. The maximum absolute atomic E-state index is 12.1. The van der Waals surface area contributed by atoms with E-state index in [4.69, 9.17) is 22.1 Å². The van der Waals surface area contributed by atoms with Gasteiger partial charge in [0, 0.05) is 23.2 Å². The van der Waals surface area contributed by atoms with Gasteiger partial charge in [-0.25, -0.2) is 0 Å². The van der Waals surface area contributed by atoms with E-state index in [9.17, 15) is 14.9 Å². The van der Waals surface area contributed by atoms with Crippen LogP contribution in [-0.4, -0.2) is 29.5 Å². The van der Waals surface area contributed by atoms with Gasteiger partial charge in [0.1, 0.15) is 0 Å². The predicted octanol–water partition coefficient (Wildman–Crippen LogP) is 2.90. The molecule has 1 unspecified atom stereocenters. The number of nitrogens with one attached hydrogen (secondary N) is 1. The van der Waals surface area contributed by atoms with Crippen molar-refractivity contribution in [3.8, 4) is 5.75 Å². The molecule has 1 aromatic carbocycles. The summed E-state index contributed by atoms with van der Waals surface area (Å²) >= 11 is 5.74. The molecule has 1 amide bonds. The molecule has 0 aromatic heterocycles. The first kappa shape index (κ1) is 20.2. The van der Waals surface area contributed by atoms with Crippen molar-refractivity contribution in [2.45, 2.75) is 39.2 Å². The van der Waals surface area contributed by atoms with Gasteiger partial charge in [-0.15, -0.1) is 0 Å². The smallest absolute Gasteiger partial charge is 0.312 e. The number of carbonyl (C=O) groups excluding carboxylic acids is 1. The minimum Gasteiger partial charge on any atom is -0.486 e. The number of carbonyl (C=O) groups is 1. The van der Waals surface area contributed by atoms with Crippen LogP contribution in [0.4, 0.5) is 5.69 Å². The zero-order valence-electron chi connectivity index (χ0n) is 14.2. The number of benzene rings is 1. The Morgan fingerprint density at radius 2 is 2.17 bits per heavy atom. The summed E-state index contributed by atoms with van der Waals surface area (Å²) in [6.45, 7) is 6.37. The fraction of sp³-hybridized carbons (Fsp3) is 0.562. The lowest BCUT2D eigenvalue weighted by atomic mass is 9.90. The second kappa shape index (κ2) is 8.84. The first-order chi connectivity index (χ1) is 11.2. The van der Waals surface area contributed by atoms with Crippen LogP contribution in [0.5, 0.6) is 5.75 Å². The number of hydrogen-bond donors (Lipinski definition) is 2. The molecule has 1 atom stereocenters. The van der Waals surface area contributed by atoms with Crippen LogP contribution in [0, 0.1) is 16.0 Å². The molecule has 0 heterocycles. The maximum atomic E-state index is 12.1. The highest BCUT2D eigenvalue weighted by Crippen LogP contribution is 2.29. The monoisotopic (exact) mass is 357 g/mol. The molecule has 0 aliphatic carbocycles. The topological polar surface area (TPSA) is 107 Å². The standard InChI is InChI=1S/C16H24ClN3O4/c1-11(2)9-16(3,10-18)19-15(21)6-7-24-14-5-4-12(17)8-13(14)20(22)23/h4-5,8,11H,6-7,9-10,18H2,1-3H3,(H,19,21). The molecule has 0 saturated carbocycles. The Morgan fingerprint density at radius 1 is 1.50 bits per heavy atom. The lowest BCUT2D eigenvalue weighted by molar-refractivity contribution is -0.385. The molecule has 24 heavy (non-hydrogen) atoms. The van der Waals surface area contributed by atoms with Crippen molar-refractivity contribution in [1.29, 1.82) is 0 Å². The van der Waals surface area contributed by atoms with Gasteiger partial charge in [-0.05, 0) is 31.4 Å². The zero-order chi connectivity index (χ0) is 18.3. The second-order valence-corrected chi connectivity index (χ2v) is 6.81. The normalized spacial score (nSPS) is 13.4. The van der Waals surface area contributed by atoms with Crippen molar-refractivity contribution in [3.05, 3.63) is 33.3 Å². The minimum absolute atomic E-state index is 0.0244. The van der Waals surface area contributed by atoms with Gasteiger partial charge >= 0.3 is 5.69 Å². The van der Waals surface area contributed by atoms with Gasteiger partial charge in [-0.3, -0.25) is 14.9 Å². The van der Waals surface area contributed by atoms with Crippen LogP contribution in [0.1, 0.15) is 33.6 Å². The summed E-state index contributed by atoms with van der Waals surface area (Å²) in [4.78, 5) is 22.5. The van der Waals surface area contributed by atoms with Crippen molar-refractivity contribution in [1.82, 2.24) is 5.32 Å². The van der Waals surface area contributed by atoms with Crippen LogP contribution in [0.25, 0.3) is 0 Å². The number of nitrogens with two attached hydrogens (primary N) is 1. The van der Waals surface area contributed by atoms with Crippen molar-refractivity contribution >= 4 is 23.2 Å². The molecule has 8 heteroatoms. The molecule has 0 spiro atoms. The van der Waals surface area contributed by atoms with Gasteiger partial charge in [0.25, 0.3) is 0 Å². The van der Waals surface area contributed by atoms with Crippen molar-refractivity contribution in [3.63, 3.8) is 0 Å². The minimum atomic E-state index is -0.574. The van der Waals surface area contributed by atoms with E-state index < -0.39 is 10.5 Å². The number of nitro benzene ring substituents is 1. The van der Waals surface area contributed by atoms with Crippen LogP contribution in [0.15, 0.2) is 18.2 Å². The molecular formula is C16H24ClN3O4. The van der Waals surface area contributed by atoms with E-state index in [1.807, 2.05) is 6.92 Å². The SMILES string of the molecule is CC(C)CC(C)(CN)NC(=O)CCOc1ccc(Cl)cc1[N+](=O)[O-]. The summed E-state index contributed by atoms with van der Waals surface area (Å²) < 4.78 is 5.36. The Morgan fingerprint density at radius 3 is 2.71 bits per heavy atom. The lowest BCUT2D eigenvalue weighted by Gasteiger charge is -2.31. The first-order valence-electron chi connectivity index (χ1n) is 7.74. The Hall–Kier alpha value is -1.86. The Balaban J connectivity index is 2.59. The summed E-state index contributed by atoms with van der Waals surface area (Å²) in [6, 6.07) is 4.13. The van der Waals surface area contributed by atoms with E-state index >= 15 is 0 Å². The number of nitrogens with zero attached hydrogens (tertiary/aromatic N) is 1. The van der Waals surface area contributed by atoms with E-state index in [0.29, 0.717) is 12.5 Å². The number of ether oxygens (including phenoxy) is 1. The van der Waals surface area contributed by atoms with E-state index in [0.717, 1.165) is 6.42 Å². The van der Waals surface area contributed by atoms with Gasteiger partial charge < -0.3 is 15.8 Å². The molecule has 0 aliphatic heterocycles. The summed E-state index contributed by atoms with van der Waals surface area (Å²) in [5.74, 6) is 0.271. The molecule has 0 radical (unpaired) electrons. The molecular weight excluding hydrogens is 334 g/mol. The third kappa shape index (κ3) is 6.33. The Labute approximate surface area is 146 Å². The summed E-state index contributed by atoms with van der Waals surface area (Å²) in [5.41, 5.74) is 5.06. The molecule has 134 valence electrons. The van der Waals surface area contributed by atoms with Crippen LogP contribution < -0.4 is 15.8 Å². The van der Waals surface area contributed by atoms with Gasteiger partial charge in [0.2, 0.25) is 5.91 Å². The molecule has 1 rings (SSSR count). The van der Waals surface area contributed by atoms with E-state index in [1.165, 1.54) is 18.2 Å². The van der Waals surface area contributed by atoms with Crippen molar-refractivity contribution in [2.24, 2.45) is 11.7 Å². The average molecular weight is 358 g/mol. The third-order valence-electron chi connectivity index (χ3n) is 3.45. The summed E-state index contributed by atoms with van der Waals surface area (Å²) in [5, 5.41) is 14.1. The lowest BCUT2D eigenvalue weighted by Crippen LogP contribution is -2.52. The van der Waals surface area contributed by atoms with E-state index in [-0.39, 0.29) is 35.4 Å². The third-order valence-corrected chi connectivity index (χ3v) is 3.69. The maximum Gasteiger partial charge on any atom is 0.312 e. The molecule has 1 aromatic rings. The highest BCUT2D eigenvalue weighted by Gasteiger charge is 2.25. The van der Waals surface area contributed by atoms with Gasteiger partial charge in [0.15, 0.2) is 5.75 Å². The van der Waals surface area contributed by atoms with Crippen LogP contribution >= 0.6 is 11.6 Å². The second-order valence-electron chi connectivity index (χ2n) is 6.38. The van der Waals surface area contributed by atoms with Gasteiger partial charge in [-0.1, -0.05) is 25.4 Å². The highest BCUT2D eigenvalue weighted by atomic mass is 35.5. The Kier molecular flexibility index (Phi) is 7.44. The van der Waals surface area contributed by atoms with Crippen molar-refractivity contribution in [2.75, 3.05) is 13.2 Å².